The van der Waals surface area contributed by atoms with Crippen molar-refractivity contribution in [3.8, 4) is 5.75 Å². The fourth-order valence-electron chi connectivity index (χ4n) is 2.93. The fraction of sp³-hybridized carbons (Fsp3) is 0.316. The highest BCUT2D eigenvalue weighted by Crippen LogP contribution is 2.34. The minimum Gasteiger partial charge on any atom is -0.484 e. The molecule has 1 aliphatic heterocycles. The lowest BCUT2D eigenvalue weighted by atomic mass is 9.97. The molecule has 2 aromatic carbocycles. The van der Waals surface area contributed by atoms with Gasteiger partial charge < -0.3 is 9.47 Å². The summed E-state index contributed by atoms with van der Waals surface area (Å²) in [7, 11) is 0. The number of rotatable bonds is 3. The third-order valence-corrected chi connectivity index (χ3v) is 4.12. The minimum absolute atomic E-state index is 0.102. The maximum atomic E-state index is 12.9. The first-order chi connectivity index (χ1) is 12.4. The number of carbonyl (C=O) groups is 1. The summed E-state index contributed by atoms with van der Waals surface area (Å²) in [5.41, 5.74) is 0.954. The first-order valence-corrected chi connectivity index (χ1v) is 8.22. The van der Waals surface area contributed by atoms with Crippen molar-refractivity contribution < 1.29 is 27.4 Å². The second-order valence-electron chi connectivity index (χ2n) is 5.91. The van der Waals surface area contributed by atoms with Gasteiger partial charge in [0.1, 0.15) is 11.9 Å². The Hall–Kier alpha value is -2.70. The van der Waals surface area contributed by atoms with Crippen molar-refractivity contribution in [2.75, 3.05) is 13.2 Å². The van der Waals surface area contributed by atoms with Crippen molar-refractivity contribution >= 4 is 6.09 Å². The third-order valence-electron chi connectivity index (χ3n) is 4.12. The van der Waals surface area contributed by atoms with Crippen LogP contribution < -0.4 is 4.74 Å². The van der Waals surface area contributed by atoms with E-state index < -0.39 is 23.9 Å². The average molecular weight is 365 g/mol. The number of ether oxygens (including phenoxy) is 2. The predicted octanol–water partition coefficient (Wildman–Crippen LogP) is 4.80. The first-order valence-electron chi connectivity index (χ1n) is 8.22. The van der Waals surface area contributed by atoms with Gasteiger partial charge in [0.05, 0.1) is 18.7 Å². The van der Waals surface area contributed by atoms with Gasteiger partial charge in [-0.05, 0) is 36.2 Å². The Bertz CT molecular complexity index is 792. The zero-order valence-corrected chi connectivity index (χ0v) is 14.1. The molecule has 1 heterocycles. The zero-order valence-electron chi connectivity index (χ0n) is 14.1. The quantitative estimate of drug-likeness (QED) is 0.784. The highest BCUT2D eigenvalue weighted by atomic mass is 19.4. The molecule has 26 heavy (non-hydrogen) atoms. The van der Waals surface area contributed by atoms with Gasteiger partial charge in [0.15, 0.2) is 0 Å². The van der Waals surface area contributed by atoms with Gasteiger partial charge in [-0.25, -0.2) is 4.79 Å². The molecule has 0 fully saturated rings. The average Bonchev–Trinajstić information content (AvgIpc) is 2.61. The SMILES string of the molecule is CCOC(=O)N1Cc2ccccc2C(Oc2cccc(C(F)(F)F)c2)C1. The summed E-state index contributed by atoms with van der Waals surface area (Å²) in [6, 6.07) is 12.1. The van der Waals surface area contributed by atoms with Gasteiger partial charge >= 0.3 is 12.3 Å². The van der Waals surface area contributed by atoms with Crippen LogP contribution in [0.1, 0.15) is 29.7 Å². The maximum absolute atomic E-state index is 12.9. The Kier molecular flexibility index (Phi) is 5.06. The van der Waals surface area contributed by atoms with Crippen molar-refractivity contribution in [1.29, 1.82) is 0 Å². The lowest BCUT2D eigenvalue weighted by molar-refractivity contribution is -0.137. The third kappa shape index (κ3) is 3.92. The molecule has 1 atom stereocenters. The number of nitrogens with zero attached hydrogens (tertiary/aromatic N) is 1. The van der Waals surface area contributed by atoms with Crippen LogP contribution in [0.5, 0.6) is 5.75 Å². The molecule has 1 amide bonds. The molecule has 0 bridgehead atoms. The van der Waals surface area contributed by atoms with Crippen molar-refractivity contribution in [1.82, 2.24) is 4.90 Å². The lowest BCUT2D eigenvalue weighted by Crippen LogP contribution is -2.40. The highest BCUT2D eigenvalue weighted by Gasteiger charge is 2.32. The van der Waals surface area contributed by atoms with Crippen LogP contribution in [-0.4, -0.2) is 24.1 Å². The van der Waals surface area contributed by atoms with Crippen LogP contribution in [0.2, 0.25) is 0 Å². The molecular weight excluding hydrogens is 347 g/mol. The molecule has 3 rings (SSSR count). The Labute approximate surface area is 149 Å². The number of fused-ring (bicyclic) bond motifs is 1. The minimum atomic E-state index is -4.44. The normalized spacial score (nSPS) is 16.8. The van der Waals surface area contributed by atoms with Crippen molar-refractivity contribution in [3.05, 3.63) is 65.2 Å². The predicted molar refractivity (Wildman–Crippen MR) is 88.7 cm³/mol. The summed E-state index contributed by atoms with van der Waals surface area (Å²) in [5, 5.41) is 0. The van der Waals surface area contributed by atoms with E-state index in [9.17, 15) is 18.0 Å². The molecule has 1 unspecified atom stereocenters. The largest absolute Gasteiger partial charge is 0.484 e. The summed E-state index contributed by atoms with van der Waals surface area (Å²) in [6.07, 6.45) is -5.49. The number of hydrogen-bond acceptors (Lipinski definition) is 3. The summed E-state index contributed by atoms with van der Waals surface area (Å²) in [6.45, 7) is 2.53. The molecule has 0 aromatic heterocycles. The number of carbonyl (C=O) groups excluding carboxylic acids is 1. The molecule has 0 radical (unpaired) electrons. The molecule has 0 spiro atoms. The van der Waals surface area contributed by atoms with Crippen molar-refractivity contribution in [2.45, 2.75) is 25.7 Å². The lowest BCUT2D eigenvalue weighted by Gasteiger charge is -2.34. The standard InChI is InChI=1S/C19H18F3NO3/c1-2-25-18(24)23-11-13-6-3-4-9-16(13)17(12-23)26-15-8-5-7-14(10-15)19(20,21)22/h3-10,17H,2,11-12H2,1H3. The van der Waals surface area contributed by atoms with Gasteiger partial charge in [-0.1, -0.05) is 30.3 Å². The fourth-order valence-corrected chi connectivity index (χ4v) is 2.93. The molecular formula is C19H18F3NO3. The molecule has 0 aliphatic carbocycles. The molecule has 0 saturated carbocycles. The second kappa shape index (κ2) is 7.27. The monoisotopic (exact) mass is 365 g/mol. The van der Waals surface area contributed by atoms with Crippen molar-refractivity contribution in [2.24, 2.45) is 0 Å². The van der Waals surface area contributed by atoms with E-state index in [1.54, 1.807) is 6.92 Å². The van der Waals surface area contributed by atoms with E-state index in [2.05, 4.69) is 0 Å². The summed E-state index contributed by atoms with van der Waals surface area (Å²) >= 11 is 0. The van der Waals surface area contributed by atoms with E-state index in [0.717, 1.165) is 23.3 Å². The topological polar surface area (TPSA) is 38.8 Å². The molecule has 7 heteroatoms. The van der Waals surface area contributed by atoms with E-state index in [0.29, 0.717) is 6.54 Å². The van der Waals surface area contributed by atoms with Crippen LogP contribution in [0, 0.1) is 0 Å². The Morgan fingerprint density at radius 3 is 2.69 bits per heavy atom. The molecule has 2 aromatic rings. The first kappa shape index (κ1) is 18.1. The molecule has 1 aliphatic rings. The Morgan fingerprint density at radius 2 is 1.96 bits per heavy atom. The second-order valence-corrected chi connectivity index (χ2v) is 5.91. The van der Waals surface area contributed by atoms with Gasteiger partial charge in [-0.2, -0.15) is 13.2 Å². The smallest absolute Gasteiger partial charge is 0.416 e. The van der Waals surface area contributed by atoms with Crippen LogP contribution in [0.25, 0.3) is 0 Å². The molecule has 138 valence electrons. The Morgan fingerprint density at radius 1 is 1.19 bits per heavy atom. The van der Waals surface area contributed by atoms with E-state index in [1.165, 1.54) is 17.0 Å². The number of alkyl halides is 3. The maximum Gasteiger partial charge on any atom is 0.416 e. The summed E-state index contributed by atoms with van der Waals surface area (Å²) in [5.74, 6) is 0.102. The van der Waals surface area contributed by atoms with Crippen LogP contribution >= 0.6 is 0 Å². The summed E-state index contributed by atoms with van der Waals surface area (Å²) in [4.78, 5) is 13.6. The van der Waals surface area contributed by atoms with E-state index in [-0.39, 0.29) is 18.9 Å². The summed E-state index contributed by atoms with van der Waals surface area (Å²) < 4.78 is 49.6. The van der Waals surface area contributed by atoms with Crippen LogP contribution in [-0.2, 0) is 17.5 Å². The number of amides is 1. The van der Waals surface area contributed by atoms with Gasteiger partial charge in [-0.15, -0.1) is 0 Å². The number of benzene rings is 2. The number of hydrogen-bond donors (Lipinski definition) is 0. The van der Waals surface area contributed by atoms with Gasteiger partial charge in [-0.3, -0.25) is 4.90 Å². The number of halogens is 3. The van der Waals surface area contributed by atoms with Gasteiger partial charge in [0.25, 0.3) is 0 Å². The highest BCUT2D eigenvalue weighted by molar-refractivity contribution is 5.68. The van der Waals surface area contributed by atoms with Gasteiger partial charge in [0.2, 0.25) is 0 Å². The van der Waals surface area contributed by atoms with Crippen molar-refractivity contribution in [3.63, 3.8) is 0 Å². The molecule has 0 N–H and O–H groups in total. The van der Waals surface area contributed by atoms with Crippen LogP contribution in [0.15, 0.2) is 48.5 Å². The van der Waals surface area contributed by atoms with E-state index >= 15 is 0 Å². The van der Waals surface area contributed by atoms with Gasteiger partial charge in [0, 0.05) is 6.54 Å². The molecule has 4 nitrogen and oxygen atoms in total. The van der Waals surface area contributed by atoms with E-state index in [1.807, 2.05) is 24.3 Å². The zero-order chi connectivity index (χ0) is 18.7. The van der Waals surface area contributed by atoms with E-state index in [4.69, 9.17) is 9.47 Å². The van der Waals surface area contributed by atoms with Crippen LogP contribution in [0.3, 0.4) is 0 Å². The Balaban J connectivity index is 1.87. The van der Waals surface area contributed by atoms with Crippen LogP contribution in [0.4, 0.5) is 18.0 Å². The molecule has 0 saturated heterocycles.